The summed E-state index contributed by atoms with van der Waals surface area (Å²) in [6, 6.07) is 5.25. The van der Waals surface area contributed by atoms with Crippen molar-refractivity contribution < 1.29 is 23.7 Å². The number of carbonyl (C=O) groups is 3. The van der Waals surface area contributed by atoms with Crippen molar-refractivity contribution in [2.24, 2.45) is 0 Å². The molecule has 1 aromatic heterocycles. The Balaban J connectivity index is 1.42. The van der Waals surface area contributed by atoms with E-state index in [2.05, 4.69) is 4.98 Å². The minimum absolute atomic E-state index is 0.129. The largest absolute Gasteiger partial charge is 0.593 e. The second kappa shape index (κ2) is 9.02. The molecule has 0 bridgehead atoms. The molecule has 2 aromatic rings. The molecule has 3 aliphatic heterocycles. The number of amides is 3. The monoisotopic (exact) mass is 470 g/mol. The molecule has 1 atom stereocenters. The molecule has 174 valence electrons. The smallest absolute Gasteiger partial charge is 0.263 e. The molecule has 0 spiro atoms. The highest BCUT2D eigenvalue weighted by atomic mass is 32.2. The van der Waals surface area contributed by atoms with Gasteiger partial charge in [-0.15, -0.1) is 4.31 Å². The van der Waals surface area contributed by atoms with Gasteiger partial charge in [0.2, 0.25) is 5.91 Å². The molecule has 3 aliphatic rings. The van der Waals surface area contributed by atoms with E-state index in [0.717, 1.165) is 13.0 Å². The summed E-state index contributed by atoms with van der Waals surface area (Å²) in [6.45, 7) is 5.44. The average molecular weight is 471 g/mol. The summed E-state index contributed by atoms with van der Waals surface area (Å²) in [5, 5.41) is 0.547. The summed E-state index contributed by atoms with van der Waals surface area (Å²) in [7, 11) is 0. The molecule has 0 aliphatic carbocycles. The SMILES string of the molecule is Cc1nc2ccc([S+]([O-])N3CCOCC3)cc2c2c1C(=O)N(CCCN1CCCC1=O)C2=O. The van der Waals surface area contributed by atoms with Crippen molar-refractivity contribution in [2.75, 3.05) is 45.9 Å². The molecule has 0 saturated carbocycles. The van der Waals surface area contributed by atoms with Crippen LogP contribution in [0.4, 0.5) is 0 Å². The van der Waals surface area contributed by atoms with E-state index < -0.39 is 11.4 Å². The van der Waals surface area contributed by atoms with E-state index in [1.165, 1.54) is 4.90 Å². The Labute approximate surface area is 195 Å². The first-order valence-corrected chi connectivity index (χ1v) is 12.4. The van der Waals surface area contributed by atoms with Gasteiger partial charge < -0.3 is 14.2 Å². The van der Waals surface area contributed by atoms with Gasteiger partial charge in [0.1, 0.15) is 0 Å². The van der Waals surface area contributed by atoms with Gasteiger partial charge in [-0.2, -0.15) is 0 Å². The second-order valence-electron chi connectivity index (χ2n) is 8.52. The molecule has 2 fully saturated rings. The quantitative estimate of drug-likeness (QED) is 0.465. The molecule has 1 aromatic carbocycles. The van der Waals surface area contributed by atoms with Crippen molar-refractivity contribution >= 4 is 40.0 Å². The highest BCUT2D eigenvalue weighted by Crippen LogP contribution is 2.33. The number of rotatable bonds is 6. The van der Waals surface area contributed by atoms with Crippen LogP contribution in [0.15, 0.2) is 23.1 Å². The minimum Gasteiger partial charge on any atom is -0.593 e. The number of pyridine rings is 1. The molecule has 5 rings (SSSR count). The first-order chi connectivity index (χ1) is 16.0. The van der Waals surface area contributed by atoms with E-state index in [-0.39, 0.29) is 24.3 Å². The van der Waals surface area contributed by atoms with Gasteiger partial charge in [-0.1, -0.05) is 0 Å². The first kappa shape index (κ1) is 22.3. The zero-order valence-electron chi connectivity index (χ0n) is 18.5. The fraction of sp³-hybridized carbons (Fsp3) is 0.478. The van der Waals surface area contributed by atoms with Crippen molar-refractivity contribution in [2.45, 2.75) is 31.1 Å². The van der Waals surface area contributed by atoms with Gasteiger partial charge in [0, 0.05) is 37.5 Å². The molecule has 33 heavy (non-hydrogen) atoms. The van der Waals surface area contributed by atoms with Gasteiger partial charge in [-0.3, -0.25) is 24.3 Å². The summed E-state index contributed by atoms with van der Waals surface area (Å²) >= 11 is -1.39. The number of benzene rings is 1. The maximum atomic E-state index is 13.3. The molecule has 4 heterocycles. The third-order valence-electron chi connectivity index (χ3n) is 6.44. The number of fused-ring (bicyclic) bond motifs is 3. The van der Waals surface area contributed by atoms with Gasteiger partial charge in [0.25, 0.3) is 11.8 Å². The molecular formula is C23H26N4O5S. The maximum Gasteiger partial charge on any atom is 0.263 e. The van der Waals surface area contributed by atoms with Gasteiger partial charge in [0.05, 0.1) is 60.0 Å². The number of aromatic nitrogens is 1. The number of hydrogen-bond acceptors (Lipinski definition) is 7. The van der Waals surface area contributed by atoms with Crippen LogP contribution in [-0.2, 0) is 20.9 Å². The Kier molecular flexibility index (Phi) is 6.09. The number of imide groups is 1. The minimum atomic E-state index is -1.39. The van der Waals surface area contributed by atoms with E-state index in [0.29, 0.717) is 78.3 Å². The van der Waals surface area contributed by atoms with E-state index >= 15 is 0 Å². The lowest BCUT2D eigenvalue weighted by Crippen LogP contribution is -2.40. The number of ether oxygens (including phenoxy) is 1. The average Bonchev–Trinajstić information content (AvgIpc) is 3.35. The standard InChI is InChI=1S/C23H26N4O5S/c1-15-20-21(23(30)27(22(20)29)9-3-8-25-7-2-4-19(25)28)17-14-16(5-6-18(17)24-15)33(31)26-10-12-32-13-11-26/h5-6,14H,2-4,7-13H2,1H3. The Bertz CT molecular complexity index is 1130. The lowest BCUT2D eigenvalue weighted by Gasteiger charge is -2.27. The van der Waals surface area contributed by atoms with Gasteiger partial charge >= 0.3 is 0 Å². The highest BCUT2D eigenvalue weighted by molar-refractivity contribution is 7.89. The number of likely N-dealkylation sites (tertiary alicyclic amines) is 1. The van der Waals surface area contributed by atoms with Crippen LogP contribution in [0.1, 0.15) is 45.7 Å². The lowest BCUT2D eigenvalue weighted by atomic mass is 10.0. The Morgan fingerprint density at radius 2 is 1.82 bits per heavy atom. The maximum absolute atomic E-state index is 13.3. The molecule has 1 unspecified atom stereocenters. The van der Waals surface area contributed by atoms with Crippen molar-refractivity contribution in [3.8, 4) is 0 Å². The van der Waals surface area contributed by atoms with Crippen LogP contribution in [0.2, 0.25) is 0 Å². The predicted molar refractivity (Wildman–Crippen MR) is 121 cm³/mol. The molecule has 9 nitrogen and oxygen atoms in total. The number of hydrogen-bond donors (Lipinski definition) is 0. The second-order valence-corrected chi connectivity index (χ2v) is 10.0. The van der Waals surface area contributed by atoms with Crippen LogP contribution in [0, 0.1) is 6.92 Å². The van der Waals surface area contributed by atoms with E-state index in [9.17, 15) is 18.9 Å². The Hall–Kier alpha value is -2.53. The normalized spacial score (nSPS) is 20.2. The van der Waals surface area contributed by atoms with Gasteiger partial charge in [-0.05, 0) is 31.9 Å². The van der Waals surface area contributed by atoms with Crippen molar-refractivity contribution in [1.82, 2.24) is 19.1 Å². The molecule has 0 N–H and O–H groups in total. The Morgan fingerprint density at radius 3 is 2.55 bits per heavy atom. The number of nitrogens with zero attached hydrogens (tertiary/aromatic N) is 4. The molecule has 10 heteroatoms. The summed E-state index contributed by atoms with van der Waals surface area (Å²) in [6.07, 6.45) is 1.96. The van der Waals surface area contributed by atoms with Crippen LogP contribution in [-0.4, -0.2) is 87.3 Å². The summed E-state index contributed by atoms with van der Waals surface area (Å²) < 4.78 is 20.3. The predicted octanol–water partition coefficient (Wildman–Crippen LogP) is 1.51. The van der Waals surface area contributed by atoms with Crippen molar-refractivity contribution in [3.05, 3.63) is 35.0 Å². The molecular weight excluding hydrogens is 444 g/mol. The summed E-state index contributed by atoms with van der Waals surface area (Å²) in [5.41, 5.74) is 1.76. The fourth-order valence-electron chi connectivity index (χ4n) is 4.74. The molecule has 3 amide bonds. The van der Waals surface area contributed by atoms with Crippen molar-refractivity contribution in [3.63, 3.8) is 0 Å². The summed E-state index contributed by atoms with van der Waals surface area (Å²) in [5.74, 6) is -0.578. The highest BCUT2D eigenvalue weighted by Gasteiger charge is 2.39. The zero-order chi connectivity index (χ0) is 23.1. The third kappa shape index (κ3) is 4.01. The third-order valence-corrected chi connectivity index (χ3v) is 7.93. The van der Waals surface area contributed by atoms with Crippen LogP contribution in [0.3, 0.4) is 0 Å². The summed E-state index contributed by atoms with van der Waals surface area (Å²) in [4.78, 5) is 46.5. The van der Waals surface area contributed by atoms with Crippen LogP contribution < -0.4 is 0 Å². The number of carbonyl (C=O) groups excluding carboxylic acids is 3. The number of morpholine rings is 1. The van der Waals surface area contributed by atoms with Gasteiger partial charge in [-0.25, -0.2) is 0 Å². The fourth-order valence-corrected chi connectivity index (χ4v) is 5.93. The van der Waals surface area contributed by atoms with Crippen molar-refractivity contribution in [1.29, 1.82) is 0 Å². The molecule has 2 saturated heterocycles. The zero-order valence-corrected chi connectivity index (χ0v) is 19.4. The van der Waals surface area contributed by atoms with E-state index in [1.54, 1.807) is 30.0 Å². The van der Waals surface area contributed by atoms with Crippen LogP contribution in [0.5, 0.6) is 0 Å². The topological polar surface area (TPSA) is 106 Å². The number of aryl methyl sites for hydroxylation is 1. The lowest BCUT2D eigenvalue weighted by molar-refractivity contribution is -0.127. The van der Waals surface area contributed by atoms with Gasteiger partial charge in [0.15, 0.2) is 4.90 Å². The Morgan fingerprint density at radius 1 is 1.06 bits per heavy atom. The van der Waals surface area contributed by atoms with Crippen LogP contribution >= 0.6 is 0 Å². The van der Waals surface area contributed by atoms with E-state index in [1.807, 2.05) is 4.31 Å². The molecule has 0 radical (unpaired) electrons. The van der Waals surface area contributed by atoms with E-state index in [4.69, 9.17) is 4.74 Å². The van der Waals surface area contributed by atoms with Crippen LogP contribution in [0.25, 0.3) is 10.9 Å². The first-order valence-electron chi connectivity index (χ1n) is 11.3.